The zero-order valence-electron chi connectivity index (χ0n) is 10.6. The third-order valence-corrected chi connectivity index (χ3v) is 5.36. The minimum Gasteiger partial charge on any atom is -0.330 e. The van der Waals surface area contributed by atoms with Gasteiger partial charge in [0.25, 0.3) is 0 Å². The van der Waals surface area contributed by atoms with Gasteiger partial charge in [-0.2, -0.15) is 9.57 Å². The largest absolute Gasteiger partial charge is 0.330 e. The van der Waals surface area contributed by atoms with Crippen LogP contribution in [0.2, 0.25) is 0 Å². The van der Waals surface area contributed by atoms with Crippen molar-refractivity contribution in [2.75, 3.05) is 19.6 Å². The molecule has 0 spiro atoms. The highest BCUT2D eigenvalue weighted by atomic mass is 32.2. The number of piperidine rings is 1. The van der Waals surface area contributed by atoms with Gasteiger partial charge in [0.05, 0.1) is 10.5 Å². The molecule has 6 heteroatoms. The van der Waals surface area contributed by atoms with Crippen molar-refractivity contribution in [1.29, 1.82) is 5.26 Å². The summed E-state index contributed by atoms with van der Waals surface area (Å²) in [5.74, 6) is 0.206. The molecule has 0 bridgehead atoms. The standard InChI is InChI=1S/C13H17N3O2S/c14-8-11-4-3-7-16(10-11)19(17,18)13-6-2-1-5-12(13)9-15/h1-2,5-6,11H,3-4,7-8,10,14H2. The van der Waals surface area contributed by atoms with Crippen LogP contribution in [0.4, 0.5) is 0 Å². The molecule has 1 aliphatic rings. The molecule has 0 radical (unpaired) electrons. The van der Waals surface area contributed by atoms with Crippen molar-refractivity contribution in [1.82, 2.24) is 4.31 Å². The van der Waals surface area contributed by atoms with Crippen molar-refractivity contribution in [3.8, 4) is 6.07 Å². The monoisotopic (exact) mass is 279 g/mol. The minimum atomic E-state index is -3.59. The number of hydrogen-bond acceptors (Lipinski definition) is 4. The molecule has 2 N–H and O–H groups in total. The molecular weight excluding hydrogens is 262 g/mol. The van der Waals surface area contributed by atoms with E-state index >= 15 is 0 Å². The van der Waals surface area contributed by atoms with Gasteiger partial charge in [-0.1, -0.05) is 12.1 Å². The van der Waals surface area contributed by atoms with Crippen LogP contribution in [0, 0.1) is 17.2 Å². The fraction of sp³-hybridized carbons (Fsp3) is 0.462. The van der Waals surface area contributed by atoms with Crippen molar-refractivity contribution in [2.45, 2.75) is 17.7 Å². The van der Waals surface area contributed by atoms with Crippen LogP contribution in [0.25, 0.3) is 0 Å². The van der Waals surface area contributed by atoms with Gasteiger partial charge in [0.15, 0.2) is 0 Å². The Kier molecular flexibility index (Phi) is 4.20. The van der Waals surface area contributed by atoms with Crippen LogP contribution in [0.15, 0.2) is 29.2 Å². The average molecular weight is 279 g/mol. The summed E-state index contributed by atoms with van der Waals surface area (Å²) in [7, 11) is -3.59. The highest BCUT2D eigenvalue weighted by Gasteiger charge is 2.31. The highest BCUT2D eigenvalue weighted by Crippen LogP contribution is 2.25. The molecule has 102 valence electrons. The predicted molar refractivity (Wildman–Crippen MR) is 71.7 cm³/mol. The van der Waals surface area contributed by atoms with Gasteiger partial charge in [-0.05, 0) is 37.4 Å². The summed E-state index contributed by atoms with van der Waals surface area (Å²) in [6.45, 7) is 1.43. The summed E-state index contributed by atoms with van der Waals surface area (Å²) >= 11 is 0. The molecule has 5 nitrogen and oxygen atoms in total. The molecule has 1 heterocycles. The Labute approximate surface area is 113 Å². The van der Waals surface area contributed by atoms with E-state index in [0.29, 0.717) is 19.6 Å². The van der Waals surface area contributed by atoms with Crippen LogP contribution in [0.1, 0.15) is 18.4 Å². The van der Waals surface area contributed by atoms with E-state index in [1.807, 2.05) is 6.07 Å². The Hall–Kier alpha value is -1.42. The molecule has 0 aromatic heterocycles. The minimum absolute atomic E-state index is 0.0928. The predicted octanol–water partition coefficient (Wildman–Crippen LogP) is 0.918. The number of sulfonamides is 1. The van der Waals surface area contributed by atoms with Gasteiger partial charge in [0.1, 0.15) is 6.07 Å². The molecule has 0 aliphatic carbocycles. The Balaban J connectivity index is 2.35. The lowest BCUT2D eigenvalue weighted by molar-refractivity contribution is 0.271. The number of benzene rings is 1. The first kappa shape index (κ1) is 14.0. The second kappa shape index (κ2) is 5.70. The lowest BCUT2D eigenvalue weighted by Gasteiger charge is -2.31. The zero-order valence-corrected chi connectivity index (χ0v) is 11.4. The Morgan fingerprint density at radius 1 is 1.42 bits per heavy atom. The molecular formula is C13H17N3O2S. The van der Waals surface area contributed by atoms with Crippen LogP contribution in [0.5, 0.6) is 0 Å². The number of nitrogens with two attached hydrogens (primary N) is 1. The van der Waals surface area contributed by atoms with E-state index in [4.69, 9.17) is 11.0 Å². The maximum atomic E-state index is 12.6. The van der Waals surface area contributed by atoms with E-state index in [-0.39, 0.29) is 16.4 Å². The van der Waals surface area contributed by atoms with Gasteiger partial charge in [-0.15, -0.1) is 0 Å². The van der Waals surface area contributed by atoms with Gasteiger partial charge >= 0.3 is 0 Å². The quantitative estimate of drug-likeness (QED) is 0.891. The Morgan fingerprint density at radius 3 is 2.84 bits per heavy atom. The molecule has 1 saturated heterocycles. The van der Waals surface area contributed by atoms with E-state index in [0.717, 1.165) is 12.8 Å². The molecule has 1 aliphatic heterocycles. The molecule has 1 aromatic rings. The van der Waals surface area contributed by atoms with Crippen molar-refractivity contribution in [2.24, 2.45) is 11.7 Å². The summed E-state index contributed by atoms with van der Waals surface area (Å²) in [5.41, 5.74) is 5.82. The molecule has 1 unspecified atom stereocenters. The fourth-order valence-electron chi connectivity index (χ4n) is 2.36. The average Bonchev–Trinajstić information content (AvgIpc) is 2.47. The Morgan fingerprint density at radius 2 is 2.16 bits per heavy atom. The van der Waals surface area contributed by atoms with Crippen LogP contribution in [-0.4, -0.2) is 32.4 Å². The zero-order chi connectivity index (χ0) is 13.9. The number of nitriles is 1. The smallest absolute Gasteiger partial charge is 0.244 e. The topological polar surface area (TPSA) is 87.2 Å². The van der Waals surface area contributed by atoms with Crippen molar-refractivity contribution in [3.05, 3.63) is 29.8 Å². The maximum Gasteiger partial charge on any atom is 0.244 e. The number of hydrogen-bond donors (Lipinski definition) is 1. The number of nitrogens with zero attached hydrogens (tertiary/aromatic N) is 2. The van der Waals surface area contributed by atoms with Crippen molar-refractivity contribution < 1.29 is 8.42 Å². The van der Waals surface area contributed by atoms with E-state index in [1.54, 1.807) is 12.1 Å². The summed E-state index contributed by atoms with van der Waals surface area (Å²) in [6.07, 6.45) is 1.78. The number of rotatable bonds is 3. The van der Waals surface area contributed by atoms with E-state index in [2.05, 4.69) is 0 Å². The summed E-state index contributed by atoms with van der Waals surface area (Å²) in [4.78, 5) is 0.0928. The maximum absolute atomic E-state index is 12.6. The van der Waals surface area contributed by atoms with Crippen LogP contribution in [0.3, 0.4) is 0 Å². The van der Waals surface area contributed by atoms with Gasteiger partial charge in [-0.25, -0.2) is 8.42 Å². The third-order valence-electron chi connectivity index (χ3n) is 3.44. The molecule has 0 amide bonds. The second-order valence-electron chi connectivity index (χ2n) is 4.71. The first-order chi connectivity index (χ1) is 9.09. The van der Waals surface area contributed by atoms with Crippen molar-refractivity contribution >= 4 is 10.0 Å². The first-order valence-corrected chi connectivity index (χ1v) is 7.73. The third kappa shape index (κ3) is 2.78. The van der Waals surface area contributed by atoms with E-state index < -0.39 is 10.0 Å². The van der Waals surface area contributed by atoms with Crippen LogP contribution < -0.4 is 5.73 Å². The molecule has 1 atom stereocenters. The lowest BCUT2D eigenvalue weighted by Crippen LogP contribution is -2.42. The second-order valence-corrected chi connectivity index (χ2v) is 6.62. The SMILES string of the molecule is N#Cc1ccccc1S(=O)(=O)N1CCCC(CN)C1. The molecule has 2 rings (SSSR count). The first-order valence-electron chi connectivity index (χ1n) is 6.29. The van der Waals surface area contributed by atoms with Crippen LogP contribution >= 0.6 is 0 Å². The summed E-state index contributed by atoms with van der Waals surface area (Å²) in [6, 6.07) is 8.25. The van der Waals surface area contributed by atoms with Gasteiger partial charge in [0, 0.05) is 13.1 Å². The lowest BCUT2D eigenvalue weighted by atomic mass is 10.0. The summed E-state index contributed by atoms with van der Waals surface area (Å²) in [5, 5.41) is 9.03. The van der Waals surface area contributed by atoms with Crippen LogP contribution in [-0.2, 0) is 10.0 Å². The van der Waals surface area contributed by atoms with Gasteiger partial charge in [0.2, 0.25) is 10.0 Å². The fourth-order valence-corrected chi connectivity index (χ4v) is 4.06. The van der Waals surface area contributed by atoms with Gasteiger partial charge < -0.3 is 5.73 Å². The molecule has 19 heavy (non-hydrogen) atoms. The normalized spacial score (nSPS) is 20.9. The van der Waals surface area contributed by atoms with Gasteiger partial charge in [-0.3, -0.25) is 0 Å². The highest BCUT2D eigenvalue weighted by molar-refractivity contribution is 7.89. The molecule has 0 saturated carbocycles. The van der Waals surface area contributed by atoms with E-state index in [1.165, 1.54) is 16.4 Å². The summed E-state index contributed by atoms with van der Waals surface area (Å²) < 4.78 is 26.6. The molecule has 1 aromatic carbocycles. The van der Waals surface area contributed by atoms with E-state index in [9.17, 15) is 8.42 Å². The Bertz CT molecular complexity index is 592. The molecule has 1 fully saturated rings. The van der Waals surface area contributed by atoms with Crippen molar-refractivity contribution in [3.63, 3.8) is 0 Å².